The molecule has 0 spiro atoms. The standard InChI is InChI=1S/C19H21FN2O2/c1-22(2)13-14-24-21-19(17-5-3-4-6-18(17)20)12-9-15-7-10-16(23)11-8-15/h3-12,21H,13-14H2,1-2H3/b19-12-. The van der Waals surface area contributed by atoms with Gasteiger partial charge in [0.05, 0.1) is 12.3 Å². The summed E-state index contributed by atoms with van der Waals surface area (Å²) in [6.45, 7) is 1.20. The molecule has 0 heterocycles. The Morgan fingerprint density at radius 3 is 2.58 bits per heavy atom. The van der Waals surface area contributed by atoms with Crippen molar-refractivity contribution in [2.24, 2.45) is 0 Å². The van der Waals surface area contributed by atoms with E-state index in [0.717, 1.165) is 12.1 Å². The number of carbonyl (C=O) groups is 1. The van der Waals surface area contributed by atoms with E-state index in [-0.39, 0.29) is 11.6 Å². The van der Waals surface area contributed by atoms with E-state index < -0.39 is 0 Å². The maximum absolute atomic E-state index is 14.1. The molecule has 0 aromatic heterocycles. The lowest BCUT2D eigenvalue weighted by molar-refractivity contribution is -0.110. The summed E-state index contributed by atoms with van der Waals surface area (Å²) < 4.78 is 14.1. The van der Waals surface area contributed by atoms with E-state index in [9.17, 15) is 9.18 Å². The van der Waals surface area contributed by atoms with Gasteiger partial charge in [-0.05, 0) is 50.0 Å². The summed E-state index contributed by atoms with van der Waals surface area (Å²) in [6.07, 6.45) is 9.93. The predicted molar refractivity (Wildman–Crippen MR) is 93.4 cm³/mol. The largest absolute Gasteiger partial charge is 0.307 e. The Morgan fingerprint density at radius 1 is 1.21 bits per heavy atom. The van der Waals surface area contributed by atoms with Crippen molar-refractivity contribution in [3.05, 3.63) is 77.7 Å². The lowest BCUT2D eigenvalue weighted by Crippen LogP contribution is -2.23. The number of benzene rings is 1. The average Bonchev–Trinajstić information content (AvgIpc) is 2.56. The van der Waals surface area contributed by atoms with Gasteiger partial charge in [0, 0.05) is 12.1 Å². The topological polar surface area (TPSA) is 41.6 Å². The molecule has 126 valence electrons. The number of carbonyl (C=O) groups excluding carboxylic acids is 1. The Labute approximate surface area is 141 Å². The number of hydroxylamine groups is 1. The van der Waals surface area contributed by atoms with Gasteiger partial charge in [0.15, 0.2) is 5.78 Å². The smallest absolute Gasteiger partial charge is 0.178 e. The summed E-state index contributed by atoms with van der Waals surface area (Å²) in [5.41, 5.74) is 4.59. The van der Waals surface area contributed by atoms with Gasteiger partial charge in [-0.2, -0.15) is 0 Å². The molecule has 1 aliphatic carbocycles. The summed E-state index contributed by atoms with van der Waals surface area (Å²) in [5.74, 6) is -0.383. The third-order valence-corrected chi connectivity index (χ3v) is 3.31. The van der Waals surface area contributed by atoms with Crippen LogP contribution in [0.25, 0.3) is 5.70 Å². The summed E-state index contributed by atoms with van der Waals surface area (Å²) in [7, 11) is 3.90. The van der Waals surface area contributed by atoms with Gasteiger partial charge in [-0.1, -0.05) is 30.4 Å². The zero-order chi connectivity index (χ0) is 17.4. The quantitative estimate of drug-likeness (QED) is 0.617. The average molecular weight is 328 g/mol. The summed E-state index contributed by atoms with van der Waals surface area (Å²) in [6, 6.07) is 6.48. The first-order chi connectivity index (χ1) is 11.6. The molecule has 5 heteroatoms. The van der Waals surface area contributed by atoms with E-state index in [0.29, 0.717) is 17.9 Å². The van der Waals surface area contributed by atoms with Gasteiger partial charge in [0.1, 0.15) is 5.82 Å². The number of nitrogens with zero attached hydrogens (tertiary/aromatic N) is 1. The molecule has 0 unspecified atom stereocenters. The lowest BCUT2D eigenvalue weighted by atomic mass is 10.1. The van der Waals surface area contributed by atoms with Crippen LogP contribution in [0, 0.1) is 5.82 Å². The number of rotatable bonds is 7. The molecule has 2 rings (SSSR count). The number of likely N-dealkylation sites (N-methyl/N-ethyl adjacent to an activating group) is 1. The van der Waals surface area contributed by atoms with Crippen molar-refractivity contribution >= 4 is 11.5 Å². The normalized spacial score (nSPS) is 14.4. The minimum Gasteiger partial charge on any atom is -0.307 e. The fourth-order valence-electron chi connectivity index (χ4n) is 1.97. The Kier molecular flexibility index (Phi) is 6.66. The van der Waals surface area contributed by atoms with Crippen molar-refractivity contribution in [2.75, 3.05) is 27.2 Å². The van der Waals surface area contributed by atoms with E-state index in [1.165, 1.54) is 18.2 Å². The van der Waals surface area contributed by atoms with Gasteiger partial charge in [-0.15, -0.1) is 0 Å². The molecule has 0 atom stereocenters. The van der Waals surface area contributed by atoms with Crippen molar-refractivity contribution in [3.8, 4) is 0 Å². The first-order valence-corrected chi connectivity index (χ1v) is 7.66. The zero-order valence-electron chi connectivity index (χ0n) is 13.8. The highest BCUT2D eigenvalue weighted by molar-refractivity contribution is 6.01. The van der Waals surface area contributed by atoms with Crippen LogP contribution in [0.1, 0.15) is 5.56 Å². The highest BCUT2D eigenvalue weighted by atomic mass is 19.1. The molecule has 1 N–H and O–H groups in total. The van der Waals surface area contributed by atoms with Crippen LogP contribution in [0.5, 0.6) is 0 Å². The third kappa shape index (κ3) is 5.61. The summed E-state index contributed by atoms with van der Waals surface area (Å²) >= 11 is 0. The number of allylic oxidation sites excluding steroid dienone is 7. The van der Waals surface area contributed by atoms with Crippen LogP contribution in [0.3, 0.4) is 0 Å². The molecule has 0 saturated carbocycles. The van der Waals surface area contributed by atoms with E-state index in [2.05, 4.69) is 5.48 Å². The van der Waals surface area contributed by atoms with Crippen molar-refractivity contribution in [2.45, 2.75) is 0 Å². The molecule has 24 heavy (non-hydrogen) atoms. The van der Waals surface area contributed by atoms with Gasteiger partial charge in [0.2, 0.25) is 0 Å². The van der Waals surface area contributed by atoms with Gasteiger partial charge >= 0.3 is 0 Å². The monoisotopic (exact) mass is 328 g/mol. The first kappa shape index (κ1) is 17.8. The Bertz CT molecular complexity index is 685. The van der Waals surface area contributed by atoms with Crippen LogP contribution < -0.4 is 5.48 Å². The van der Waals surface area contributed by atoms with Crippen LogP contribution in [0.4, 0.5) is 4.39 Å². The van der Waals surface area contributed by atoms with Gasteiger partial charge < -0.3 is 4.90 Å². The second-order valence-electron chi connectivity index (χ2n) is 5.55. The van der Waals surface area contributed by atoms with Crippen LogP contribution >= 0.6 is 0 Å². The predicted octanol–water partition coefficient (Wildman–Crippen LogP) is 2.87. The van der Waals surface area contributed by atoms with Crippen molar-refractivity contribution < 1.29 is 14.0 Å². The highest BCUT2D eigenvalue weighted by Crippen LogP contribution is 2.17. The summed E-state index contributed by atoms with van der Waals surface area (Å²) in [4.78, 5) is 18.6. The summed E-state index contributed by atoms with van der Waals surface area (Å²) in [5, 5.41) is 0. The zero-order valence-corrected chi connectivity index (χ0v) is 13.8. The fraction of sp³-hybridized carbons (Fsp3) is 0.211. The molecular formula is C19H21FN2O2. The SMILES string of the molecule is CN(C)CCON/C(=C\C=C1C=CC(=O)C=C1)c1ccccc1F. The molecule has 1 aromatic carbocycles. The number of hydrogen-bond acceptors (Lipinski definition) is 4. The molecule has 0 saturated heterocycles. The second kappa shape index (κ2) is 8.96. The number of ketones is 1. The minimum absolute atomic E-state index is 0.0457. The minimum atomic E-state index is -0.337. The maximum atomic E-state index is 14.1. The van der Waals surface area contributed by atoms with Crippen molar-refractivity contribution in [1.82, 2.24) is 10.4 Å². The lowest BCUT2D eigenvalue weighted by Gasteiger charge is -2.14. The molecule has 4 nitrogen and oxygen atoms in total. The number of hydrogen-bond donors (Lipinski definition) is 1. The first-order valence-electron chi connectivity index (χ1n) is 7.66. The highest BCUT2D eigenvalue weighted by Gasteiger charge is 2.07. The number of nitrogens with one attached hydrogen (secondary N) is 1. The Hall–Kier alpha value is -2.50. The van der Waals surface area contributed by atoms with Crippen molar-refractivity contribution in [1.29, 1.82) is 0 Å². The molecule has 0 aliphatic heterocycles. The van der Waals surface area contributed by atoms with Gasteiger partial charge in [0.25, 0.3) is 0 Å². The van der Waals surface area contributed by atoms with Gasteiger partial charge in [-0.25, -0.2) is 4.39 Å². The van der Waals surface area contributed by atoms with Crippen LogP contribution in [-0.4, -0.2) is 37.9 Å². The van der Waals surface area contributed by atoms with Crippen molar-refractivity contribution in [3.63, 3.8) is 0 Å². The Balaban J connectivity index is 2.16. The van der Waals surface area contributed by atoms with Crippen LogP contribution in [-0.2, 0) is 9.63 Å². The molecule has 1 aliphatic rings. The molecule has 0 amide bonds. The molecule has 0 fully saturated rings. The van der Waals surface area contributed by atoms with E-state index in [1.54, 1.807) is 42.5 Å². The second-order valence-corrected chi connectivity index (χ2v) is 5.55. The molecule has 0 radical (unpaired) electrons. The molecular weight excluding hydrogens is 307 g/mol. The molecule has 1 aromatic rings. The van der Waals surface area contributed by atoms with Crippen LogP contribution in [0.2, 0.25) is 0 Å². The maximum Gasteiger partial charge on any atom is 0.178 e. The Morgan fingerprint density at radius 2 is 1.92 bits per heavy atom. The van der Waals surface area contributed by atoms with E-state index in [4.69, 9.17) is 4.84 Å². The molecule has 0 bridgehead atoms. The third-order valence-electron chi connectivity index (χ3n) is 3.31. The van der Waals surface area contributed by atoms with E-state index >= 15 is 0 Å². The van der Waals surface area contributed by atoms with E-state index in [1.807, 2.05) is 19.0 Å². The fourth-order valence-corrected chi connectivity index (χ4v) is 1.97. The number of halogens is 1. The van der Waals surface area contributed by atoms with Crippen LogP contribution in [0.15, 0.2) is 66.3 Å². The van der Waals surface area contributed by atoms with Gasteiger partial charge in [-0.3, -0.25) is 15.1 Å².